The van der Waals surface area contributed by atoms with Crippen molar-refractivity contribution >= 4 is 29.0 Å². The predicted molar refractivity (Wildman–Crippen MR) is 94.7 cm³/mol. The van der Waals surface area contributed by atoms with Crippen molar-refractivity contribution in [2.75, 3.05) is 10.6 Å². The van der Waals surface area contributed by atoms with Gasteiger partial charge < -0.3 is 15.4 Å². The average Bonchev–Trinajstić information content (AvgIpc) is 2.60. The molecule has 0 fully saturated rings. The van der Waals surface area contributed by atoms with Crippen molar-refractivity contribution in [3.8, 4) is 11.5 Å². The highest BCUT2D eigenvalue weighted by Crippen LogP contribution is 2.26. The molecule has 0 radical (unpaired) electrons. The molecule has 0 aliphatic rings. The first-order valence-corrected chi connectivity index (χ1v) is 7.90. The van der Waals surface area contributed by atoms with Crippen molar-refractivity contribution in [3.05, 3.63) is 77.3 Å². The van der Waals surface area contributed by atoms with Gasteiger partial charge in [0.1, 0.15) is 34.1 Å². The maximum Gasteiger partial charge on any atom is 0.323 e. The van der Waals surface area contributed by atoms with Gasteiger partial charge in [0.15, 0.2) is 0 Å². The number of amides is 2. The number of halogens is 4. The molecule has 2 N–H and O–H groups in total. The van der Waals surface area contributed by atoms with Crippen LogP contribution in [-0.4, -0.2) is 11.0 Å². The molecule has 0 unspecified atom stereocenters. The first kappa shape index (κ1) is 18.5. The molecule has 0 saturated carbocycles. The van der Waals surface area contributed by atoms with E-state index in [9.17, 15) is 18.0 Å². The number of hydrogen-bond donors (Lipinski definition) is 2. The Balaban J connectivity index is 1.67. The zero-order valence-electron chi connectivity index (χ0n) is 13.5. The number of nitrogens with one attached hydrogen (secondary N) is 2. The number of rotatable bonds is 4. The summed E-state index contributed by atoms with van der Waals surface area (Å²) < 4.78 is 46.0. The van der Waals surface area contributed by atoms with Crippen LogP contribution in [0.1, 0.15) is 0 Å². The van der Waals surface area contributed by atoms with Crippen LogP contribution >= 0.6 is 11.6 Å². The third-order valence-electron chi connectivity index (χ3n) is 3.30. The SMILES string of the molecule is O=C(Nc1ccc(F)cc1F)Nc1ccc(Oc2ccnc(Cl)c2)cc1F. The van der Waals surface area contributed by atoms with Crippen LogP contribution in [0.15, 0.2) is 54.7 Å². The minimum absolute atomic E-state index is 0.157. The zero-order chi connectivity index (χ0) is 19.4. The van der Waals surface area contributed by atoms with E-state index in [1.165, 1.54) is 24.4 Å². The van der Waals surface area contributed by atoms with E-state index in [0.29, 0.717) is 11.8 Å². The minimum Gasteiger partial charge on any atom is -0.457 e. The van der Waals surface area contributed by atoms with Crippen LogP contribution in [-0.2, 0) is 0 Å². The van der Waals surface area contributed by atoms with E-state index >= 15 is 0 Å². The van der Waals surface area contributed by atoms with Gasteiger partial charge in [0.2, 0.25) is 0 Å². The second-order valence-electron chi connectivity index (χ2n) is 5.26. The van der Waals surface area contributed by atoms with Crippen LogP contribution in [0.2, 0.25) is 5.15 Å². The largest absolute Gasteiger partial charge is 0.457 e. The van der Waals surface area contributed by atoms with E-state index in [-0.39, 0.29) is 22.3 Å². The van der Waals surface area contributed by atoms with Crippen molar-refractivity contribution in [1.29, 1.82) is 0 Å². The maximum atomic E-state index is 14.2. The third kappa shape index (κ3) is 4.89. The summed E-state index contributed by atoms with van der Waals surface area (Å²) in [4.78, 5) is 15.7. The summed E-state index contributed by atoms with van der Waals surface area (Å²) in [5.74, 6) is -1.98. The molecule has 0 atom stereocenters. The van der Waals surface area contributed by atoms with Gasteiger partial charge in [-0.2, -0.15) is 0 Å². The van der Waals surface area contributed by atoms with Gasteiger partial charge in [0, 0.05) is 24.4 Å². The Morgan fingerprint density at radius 3 is 2.15 bits per heavy atom. The summed E-state index contributed by atoms with van der Waals surface area (Å²) in [6, 6.07) is 8.51. The van der Waals surface area contributed by atoms with Gasteiger partial charge in [-0.3, -0.25) is 0 Å². The molecule has 1 aromatic heterocycles. The first-order chi connectivity index (χ1) is 12.9. The van der Waals surface area contributed by atoms with Crippen LogP contribution in [0, 0.1) is 17.5 Å². The van der Waals surface area contributed by atoms with E-state index in [1.807, 2.05) is 0 Å². The topological polar surface area (TPSA) is 63.2 Å². The van der Waals surface area contributed by atoms with E-state index in [0.717, 1.165) is 18.2 Å². The summed E-state index contributed by atoms with van der Waals surface area (Å²) in [6.07, 6.45) is 1.43. The molecule has 2 amide bonds. The fourth-order valence-electron chi connectivity index (χ4n) is 2.11. The third-order valence-corrected chi connectivity index (χ3v) is 3.51. The lowest BCUT2D eigenvalue weighted by Crippen LogP contribution is -2.20. The number of carbonyl (C=O) groups is 1. The molecular weight excluding hydrogens is 383 g/mol. The molecule has 2 aromatic carbocycles. The number of hydrogen-bond acceptors (Lipinski definition) is 3. The van der Waals surface area contributed by atoms with Crippen LogP contribution < -0.4 is 15.4 Å². The summed E-state index contributed by atoms with van der Waals surface area (Å²) in [5, 5.41) is 4.61. The fraction of sp³-hybridized carbons (Fsp3) is 0. The van der Waals surface area contributed by atoms with Gasteiger partial charge >= 0.3 is 6.03 Å². The summed E-state index contributed by atoms with van der Waals surface area (Å²) in [6.45, 7) is 0. The number of pyridine rings is 1. The van der Waals surface area contributed by atoms with Gasteiger partial charge in [-0.1, -0.05) is 11.6 Å². The highest BCUT2D eigenvalue weighted by molar-refractivity contribution is 6.29. The molecule has 0 spiro atoms. The lowest BCUT2D eigenvalue weighted by molar-refractivity contribution is 0.262. The summed E-state index contributed by atoms with van der Waals surface area (Å²) in [5.41, 5.74) is -0.404. The van der Waals surface area contributed by atoms with Gasteiger partial charge in [0.05, 0.1) is 11.4 Å². The van der Waals surface area contributed by atoms with Crippen LogP contribution in [0.3, 0.4) is 0 Å². The lowest BCUT2D eigenvalue weighted by atomic mass is 10.3. The molecule has 0 aliphatic carbocycles. The molecule has 27 heavy (non-hydrogen) atoms. The van der Waals surface area contributed by atoms with E-state index in [1.54, 1.807) is 6.07 Å². The Kier molecular flexibility index (Phi) is 5.46. The van der Waals surface area contributed by atoms with Crippen molar-refractivity contribution in [3.63, 3.8) is 0 Å². The quantitative estimate of drug-likeness (QED) is 0.568. The Morgan fingerprint density at radius 2 is 1.52 bits per heavy atom. The van der Waals surface area contributed by atoms with Gasteiger partial charge in [-0.05, 0) is 30.3 Å². The molecule has 3 aromatic rings. The number of carbonyl (C=O) groups excluding carboxylic acids is 1. The molecule has 0 aliphatic heterocycles. The standard InChI is InChI=1S/C18H11ClF3N3O2/c19-17-9-12(5-6-23-17)27-11-2-4-16(14(22)8-11)25-18(26)24-15-3-1-10(20)7-13(15)21/h1-9H,(H2,24,25,26). The lowest BCUT2D eigenvalue weighted by Gasteiger charge is -2.11. The molecule has 138 valence electrons. The van der Waals surface area contributed by atoms with Crippen LogP contribution in [0.4, 0.5) is 29.3 Å². The Labute approximate surface area is 156 Å². The van der Waals surface area contributed by atoms with Gasteiger partial charge in [0.25, 0.3) is 0 Å². The maximum absolute atomic E-state index is 14.2. The van der Waals surface area contributed by atoms with Crippen molar-refractivity contribution < 1.29 is 22.7 Å². The smallest absolute Gasteiger partial charge is 0.323 e. The van der Waals surface area contributed by atoms with E-state index < -0.39 is 23.5 Å². The highest BCUT2D eigenvalue weighted by Gasteiger charge is 2.11. The van der Waals surface area contributed by atoms with E-state index in [4.69, 9.17) is 16.3 Å². The number of ether oxygens (including phenoxy) is 1. The molecule has 0 bridgehead atoms. The van der Waals surface area contributed by atoms with Crippen LogP contribution in [0.5, 0.6) is 11.5 Å². The second kappa shape index (κ2) is 7.96. The fourth-order valence-corrected chi connectivity index (χ4v) is 2.28. The number of urea groups is 1. The second-order valence-corrected chi connectivity index (χ2v) is 5.65. The number of nitrogens with zero attached hydrogens (tertiary/aromatic N) is 1. The molecule has 0 saturated heterocycles. The first-order valence-electron chi connectivity index (χ1n) is 7.53. The van der Waals surface area contributed by atoms with E-state index in [2.05, 4.69) is 15.6 Å². The number of benzene rings is 2. The summed E-state index contributed by atoms with van der Waals surface area (Å²) >= 11 is 5.74. The minimum atomic E-state index is -0.953. The highest BCUT2D eigenvalue weighted by atomic mass is 35.5. The average molecular weight is 394 g/mol. The Morgan fingerprint density at radius 1 is 0.889 bits per heavy atom. The molecule has 3 rings (SSSR count). The van der Waals surface area contributed by atoms with Crippen molar-refractivity contribution in [2.45, 2.75) is 0 Å². The van der Waals surface area contributed by atoms with Crippen molar-refractivity contribution in [1.82, 2.24) is 4.98 Å². The van der Waals surface area contributed by atoms with Gasteiger partial charge in [-0.15, -0.1) is 0 Å². The predicted octanol–water partition coefficient (Wildman–Crippen LogP) is 5.59. The van der Waals surface area contributed by atoms with Crippen molar-refractivity contribution in [2.24, 2.45) is 0 Å². The number of aromatic nitrogens is 1. The normalized spacial score (nSPS) is 10.4. The monoisotopic (exact) mass is 393 g/mol. The van der Waals surface area contributed by atoms with Crippen LogP contribution in [0.25, 0.3) is 0 Å². The number of anilines is 2. The Bertz CT molecular complexity index is 1000. The zero-order valence-corrected chi connectivity index (χ0v) is 14.2. The summed E-state index contributed by atoms with van der Waals surface area (Å²) in [7, 11) is 0. The Hall–Kier alpha value is -3.26. The molecule has 5 nitrogen and oxygen atoms in total. The molecular formula is C18H11ClF3N3O2. The van der Waals surface area contributed by atoms with Gasteiger partial charge in [-0.25, -0.2) is 22.9 Å². The molecule has 9 heteroatoms. The molecule has 1 heterocycles.